The van der Waals surface area contributed by atoms with Gasteiger partial charge >= 0.3 is 0 Å². The lowest BCUT2D eigenvalue weighted by Gasteiger charge is -2.38. The molecule has 2 unspecified atom stereocenters. The molecule has 0 saturated carbocycles. The summed E-state index contributed by atoms with van der Waals surface area (Å²) in [5.41, 5.74) is 2.67. The number of anilines is 2. The van der Waals surface area contributed by atoms with E-state index in [0.717, 1.165) is 39.4 Å². The van der Waals surface area contributed by atoms with E-state index in [0.29, 0.717) is 12.0 Å². The molecule has 0 radical (unpaired) electrons. The molecule has 21 heavy (non-hydrogen) atoms. The summed E-state index contributed by atoms with van der Waals surface area (Å²) in [6.45, 7) is 8.33. The standard InChI is InChI=1S/C17H27N3O/c1-14-13-20(8-7-17(14)18-2)16-5-3-15(4-6-16)19-9-11-21-12-10-19/h3-6,14,17-18H,7-13H2,1-2H3. The van der Waals surface area contributed by atoms with Crippen LogP contribution in [-0.4, -0.2) is 52.5 Å². The molecule has 0 aliphatic carbocycles. The molecule has 2 fully saturated rings. The number of hydrogen-bond acceptors (Lipinski definition) is 4. The Morgan fingerprint density at radius 3 is 2.19 bits per heavy atom. The predicted molar refractivity (Wildman–Crippen MR) is 88.3 cm³/mol. The molecule has 2 saturated heterocycles. The zero-order valence-corrected chi connectivity index (χ0v) is 13.2. The minimum atomic E-state index is 0.661. The Labute approximate surface area is 128 Å². The van der Waals surface area contributed by atoms with Gasteiger partial charge in [-0.25, -0.2) is 0 Å². The Hall–Kier alpha value is -1.26. The van der Waals surface area contributed by atoms with Crippen molar-refractivity contribution in [3.8, 4) is 0 Å². The van der Waals surface area contributed by atoms with E-state index in [1.54, 1.807) is 0 Å². The van der Waals surface area contributed by atoms with Crippen LogP contribution in [0.4, 0.5) is 11.4 Å². The highest BCUT2D eigenvalue weighted by Crippen LogP contribution is 2.26. The Morgan fingerprint density at radius 1 is 1.00 bits per heavy atom. The molecule has 1 N–H and O–H groups in total. The highest BCUT2D eigenvalue weighted by molar-refractivity contribution is 5.56. The third-order valence-corrected chi connectivity index (χ3v) is 4.87. The van der Waals surface area contributed by atoms with Crippen LogP contribution < -0.4 is 15.1 Å². The Kier molecular flexibility index (Phi) is 4.66. The first kappa shape index (κ1) is 14.7. The minimum absolute atomic E-state index is 0.661. The molecule has 2 atom stereocenters. The largest absolute Gasteiger partial charge is 0.378 e. The predicted octanol–water partition coefficient (Wildman–Crippen LogP) is 1.96. The van der Waals surface area contributed by atoms with E-state index in [1.807, 2.05) is 0 Å². The van der Waals surface area contributed by atoms with Crippen molar-refractivity contribution in [2.75, 3.05) is 56.2 Å². The second kappa shape index (κ2) is 6.67. The van der Waals surface area contributed by atoms with Crippen molar-refractivity contribution in [1.29, 1.82) is 0 Å². The summed E-state index contributed by atoms with van der Waals surface area (Å²) in [5.74, 6) is 0.697. The number of nitrogens with one attached hydrogen (secondary N) is 1. The molecule has 0 spiro atoms. The number of nitrogens with zero attached hydrogens (tertiary/aromatic N) is 2. The van der Waals surface area contributed by atoms with Crippen molar-refractivity contribution in [2.24, 2.45) is 5.92 Å². The van der Waals surface area contributed by atoms with E-state index >= 15 is 0 Å². The normalized spacial score (nSPS) is 27.0. The fourth-order valence-corrected chi connectivity index (χ4v) is 3.50. The molecule has 116 valence electrons. The van der Waals surface area contributed by atoms with Gasteiger partial charge in [0.2, 0.25) is 0 Å². The quantitative estimate of drug-likeness (QED) is 0.920. The highest BCUT2D eigenvalue weighted by Gasteiger charge is 2.24. The van der Waals surface area contributed by atoms with Gasteiger partial charge < -0.3 is 19.9 Å². The smallest absolute Gasteiger partial charge is 0.0642 e. The molecule has 2 aliphatic rings. The van der Waals surface area contributed by atoms with E-state index in [2.05, 4.69) is 53.4 Å². The van der Waals surface area contributed by atoms with Gasteiger partial charge in [0.25, 0.3) is 0 Å². The molecule has 4 nitrogen and oxygen atoms in total. The zero-order valence-electron chi connectivity index (χ0n) is 13.2. The van der Waals surface area contributed by atoms with Gasteiger partial charge in [-0.1, -0.05) is 6.92 Å². The van der Waals surface area contributed by atoms with Crippen molar-refractivity contribution in [3.05, 3.63) is 24.3 Å². The van der Waals surface area contributed by atoms with Gasteiger partial charge in [-0.05, 0) is 43.7 Å². The van der Waals surface area contributed by atoms with Crippen LogP contribution in [0.3, 0.4) is 0 Å². The van der Waals surface area contributed by atoms with Gasteiger partial charge in [0, 0.05) is 43.6 Å². The molecule has 1 aromatic rings. The molecule has 0 aromatic heterocycles. The van der Waals surface area contributed by atoms with E-state index in [1.165, 1.54) is 17.8 Å². The summed E-state index contributed by atoms with van der Waals surface area (Å²) < 4.78 is 5.42. The monoisotopic (exact) mass is 289 g/mol. The zero-order chi connectivity index (χ0) is 14.7. The van der Waals surface area contributed by atoms with Gasteiger partial charge in [0.05, 0.1) is 13.2 Å². The lowest BCUT2D eigenvalue weighted by molar-refractivity contribution is 0.122. The second-order valence-electron chi connectivity index (χ2n) is 6.22. The number of benzene rings is 1. The summed E-state index contributed by atoms with van der Waals surface area (Å²) >= 11 is 0. The van der Waals surface area contributed by atoms with Gasteiger partial charge in [-0.2, -0.15) is 0 Å². The van der Waals surface area contributed by atoms with Crippen molar-refractivity contribution < 1.29 is 4.74 Å². The molecular formula is C17H27N3O. The third kappa shape index (κ3) is 3.33. The SMILES string of the molecule is CNC1CCN(c2ccc(N3CCOCC3)cc2)CC1C. The van der Waals surface area contributed by atoms with Crippen molar-refractivity contribution in [3.63, 3.8) is 0 Å². The number of rotatable bonds is 3. The van der Waals surface area contributed by atoms with Gasteiger partial charge in [-0.15, -0.1) is 0 Å². The van der Waals surface area contributed by atoms with Crippen LogP contribution in [0.2, 0.25) is 0 Å². The van der Waals surface area contributed by atoms with Crippen LogP contribution in [0.15, 0.2) is 24.3 Å². The van der Waals surface area contributed by atoms with Crippen molar-refractivity contribution >= 4 is 11.4 Å². The second-order valence-corrected chi connectivity index (χ2v) is 6.22. The van der Waals surface area contributed by atoms with Gasteiger partial charge in [-0.3, -0.25) is 0 Å². The highest BCUT2D eigenvalue weighted by atomic mass is 16.5. The topological polar surface area (TPSA) is 27.7 Å². The first-order chi connectivity index (χ1) is 10.3. The van der Waals surface area contributed by atoms with E-state index in [4.69, 9.17) is 4.74 Å². The molecule has 3 rings (SSSR count). The summed E-state index contributed by atoms with van der Waals surface area (Å²) in [7, 11) is 2.08. The van der Waals surface area contributed by atoms with Crippen molar-refractivity contribution in [1.82, 2.24) is 5.32 Å². The summed E-state index contributed by atoms with van der Waals surface area (Å²) in [6.07, 6.45) is 1.23. The molecular weight excluding hydrogens is 262 g/mol. The molecule has 0 bridgehead atoms. The van der Waals surface area contributed by atoms with Crippen molar-refractivity contribution in [2.45, 2.75) is 19.4 Å². The first-order valence-corrected chi connectivity index (χ1v) is 8.13. The van der Waals surface area contributed by atoms with Crippen LogP contribution in [0.25, 0.3) is 0 Å². The molecule has 2 heterocycles. The average molecular weight is 289 g/mol. The lowest BCUT2D eigenvalue weighted by atomic mass is 9.93. The van der Waals surface area contributed by atoms with E-state index in [-0.39, 0.29) is 0 Å². The van der Waals surface area contributed by atoms with Crippen LogP contribution in [0, 0.1) is 5.92 Å². The molecule has 1 aromatic carbocycles. The number of piperidine rings is 1. The molecule has 0 amide bonds. The van der Waals surface area contributed by atoms with E-state index in [9.17, 15) is 0 Å². The Bertz CT molecular complexity index is 442. The maximum atomic E-state index is 5.42. The van der Waals surface area contributed by atoms with Crippen LogP contribution in [0.1, 0.15) is 13.3 Å². The van der Waals surface area contributed by atoms with E-state index < -0.39 is 0 Å². The molecule has 2 aliphatic heterocycles. The fraction of sp³-hybridized carbons (Fsp3) is 0.647. The fourth-order valence-electron chi connectivity index (χ4n) is 3.50. The Balaban J connectivity index is 1.64. The minimum Gasteiger partial charge on any atom is -0.378 e. The molecule has 4 heteroatoms. The van der Waals surface area contributed by atoms with Crippen LogP contribution >= 0.6 is 0 Å². The van der Waals surface area contributed by atoms with Gasteiger partial charge in [0.1, 0.15) is 0 Å². The number of hydrogen-bond donors (Lipinski definition) is 1. The number of morpholine rings is 1. The summed E-state index contributed by atoms with van der Waals surface area (Å²) in [6, 6.07) is 9.73. The van der Waals surface area contributed by atoms with Gasteiger partial charge in [0.15, 0.2) is 0 Å². The maximum absolute atomic E-state index is 5.42. The summed E-state index contributed by atoms with van der Waals surface area (Å²) in [4.78, 5) is 4.92. The lowest BCUT2D eigenvalue weighted by Crippen LogP contribution is -2.47. The third-order valence-electron chi connectivity index (χ3n) is 4.87. The van der Waals surface area contributed by atoms with Crippen LogP contribution in [0.5, 0.6) is 0 Å². The summed E-state index contributed by atoms with van der Waals surface area (Å²) in [5, 5.41) is 3.43. The van der Waals surface area contributed by atoms with Crippen LogP contribution in [-0.2, 0) is 4.74 Å². The maximum Gasteiger partial charge on any atom is 0.0642 e. The first-order valence-electron chi connectivity index (χ1n) is 8.13. The Morgan fingerprint density at radius 2 is 1.62 bits per heavy atom. The number of ether oxygens (including phenoxy) is 1. The average Bonchev–Trinajstić information content (AvgIpc) is 2.56.